The summed E-state index contributed by atoms with van der Waals surface area (Å²) in [6.07, 6.45) is 3.21. The van der Waals surface area contributed by atoms with Gasteiger partial charge in [0.15, 0.2) is 0 Å². The van der Waals surface area contributed by atoms with Gasteiger partial charge >= 0.3 is 0 Å². The highest BCUT2D eigenvalue weighted by atomic mass is 32.2. The zero-order chi connectivity index (χ0) is 14.4. The zero-order valence-corrected chi connectivity index (χ0v) is 13.4. The van der Waals surface area contributed by atoms with Gasteiger partial charge in [-0.1, -0.05) is 6.92 Å². The maximum absolute atomic E-state index is 13.5. The summed E-state index contributed by atoms with van der Waals surface area (Å²) in [5.74, 6) is 0.907. The summed E-state index contributed by atoms with van der Waals surface area (Å²) in [5.41, 5.74) is 2.13. The zero-order valence-electron chi connectivity index (χ0n) is 12.5. The van der Waals surface area contributed by atoms with Crippen molar-refractivity contribution >= 4 is 17.4 Å². The lowest BCUT2D eigenvalue weighted by Crippen LogP contribution is -2.34. The number of anilines is 1. The fourth-order valence-electron chi connectivity index (χ4n) is 2.24. The quantitative estimate of drug-likeness (QED) is 0.822. The van der Waals surface area contributed by atoms with Crippen LogP contribution in [0.15, 0.2) is 18.2 Å². The lowest BCUT2D eigenvalue weighted by Gasteiger charge is -2.32. The van der Waals surface area contributed by atoms with Gasteiger partial charge in [0.2, 0.25) is 0 Å². The number of hydrogen-bond acceptors (Lipinski definition) is 3. The maximum Gasteiger partial charge on any atom is 0.123 e. The first-order valence-electron chi connectivity index (χ1n) is 6.73. The largest absolute Gasteiger partial charge is 0.371 e. The van der Waals surface area contributed by atoms with Crippen molar-refractivity contribution in [1.29, 1.82) is 0 Å². The fourth-order valence-corrected chi connectivity index (χ4v) is 3.09. The summed E-state index contributed by atoms with van der Waals surface area (Å²) >= 11 is 1.85. The molecule has 1 aromatic carbocycles. The summed E-state index contributed by atoms with van der Waals surface area (Å²) < 4.78 is 13.5. The van der Waals surface area contributed by atoms with Gasteiger partial charge in [-0.2, -0.15) is 11.8 Å². The molecule has 0 saturated carbocycles. The first-order chi connectivity index (χ1) is 9.04. The molecule has 1 aromatic rings. The van der Waals surface area contributed by atoms with E-state index in [1.807, 2.05) is 24.9 Å². The SMILES string of the molecule is CCC(CSC)N(C)c1ccc(F)cc1C(C)NC. The van der Waals surface area contributed by atoms with Gasteiger partial charge in [-0.25, -0.2) is 4.39 Å². The summed E-state index contributed by atoms with van der Waals surface area (Å²) in [6.45, 7) is 4.25. The molecule has 0 bridgehead atoms. The molecule has 4 heteroatoms. The van der Waals surface area contributed by atoms with Crippen molar-refractivity contribution in [3.8, 4) is 0 Å². The predicted molar refractivity (Wildman–Crippen MR) is 84.7 cm³/mol. The molecule has 0 amide bonds. The molecule has 1 rings (SSSR count). The van der Waals surface area contributed by atoms with Crippen molar-refractivity contribution in [3.63, 3.8) is 0 Å². The Morgan fingerprint density at radius 2 is 2.11 bits per heavy atom. The Morgan fingerprint density at radius 3 is 2.63 bits per heavy atom. The molecule has 2 atom stereocenters. The molecule has 0 heterocycles. The number of nitrogens with zero attached hydrogens (tertiary/aromatic N) is 1. The van der Waals surface area contributed by atoms with Gasteiger partial charge in [0.25, 0.3) is 0 Å². The van der Waals surface area contributed by atoms with E-state index in [1.165, 1.54) is 0 Å². The molecule has 0 fully saturated rings. The van der Waals surface area contributed by atoms with E-state index in [2.05, 4.69) is 37.4 Å². The van der Waals surface area contributed by atoms with Crippen molar-refractivity contribution in [1.82, 2.24) is 5.32 Å². The lowest BCUT2D eigenvalue weighted by molar-refractivity contribution is 0.601. The minimum atomic E-state index is -0.174. The number of hydrogen-bond donors (Lipinski definition) is 1. The third-order valence-corrected chi connectivity index (χ3v) is 4.37. The Bertz CT molecular complexity index is 398. The van der Waals surface area contributed by atoms with E-state index in [9.17, 15) is 4.39 Å². The second-order valence-corrected chi connectivity index (χ2v) is 5.75. The van der Waals surface area contributed by atoms with E-state index in [1.54, 1.807) is 12.1 Å². The van der Waals surface area contributed by atoms with Gasteiger partial charge in [0.1, 0.15) is 5.82 Å². The molecule has 108 valence electrons. The maximum atomic E-state index is 13.5. The molecular weight excluding hydrogens is 259 g/mol. The Morgan fingerprint density at radius 1 is 1.42 bits per heavy atom. The van der Waals surface area contributed by atoms with E-state index >= 15 is 0 Å². The van der Waals surface area contributed by atoms with Gasteiger partial charge < -0.3 is 10.2 Å². The van der Waals surface area contributed by atoms with E-state index in [0.717, 1.165) is 23.4 Å². The van der Waals surface area contributed by atoms with Crippen LogP contribution in [-0.2, 0) is 0 Å². The van der Waals surface area contributed by atoms with Gasteiger partial charge in [-0.05, 0) is 50.4 Å². The Hall–Kier alpha value is -0.740. The normalized spacial score (nSPS) is 14.2. The number of benzene rings is 1. The summed E-state index contributed by atoms with van der Waals surface area (Å²) in [5, 5.41) is 3.19. The van der Waals surface area contributed by atoms with Crippen molar-refractivity contribution in [2.45, 2.75) is 32.4 Å². The highest BCUT2D eigenvalue weighted by molar-refractivity contribution is 7.98. The van der Waals surface area contributed by atoms with Crippen molar-refractivity contribution < 1.29 is 4.39 Å². The van der Waals surface area contributed by atoms with E-state index in [4.69, 9.17) is 0 Å². The van der Waals surface area contributed by atoms with Gasteiger partial charge in [-0.15, -0.1) is 0 Å². The molecular formula is C15H25FN2S. The summed E-state index contributed by atoms with van der Waals surface area (Å²) in [7, 11) is 4.00. The summed E-state index contributed by atoms with van der Waals surface area (Å²) in [4.78, 5) is 2.28. The molecule has 2 unspecified atom stereocenters. The molecule has 0 aromatic heterocycles. The minimum absolute atomic E-state index is 0.139. The van der Waals surface area contributed by atoms with Crippen LogP contribution in [0.3, 0.4) is 0 Å². The molecule has 0 spiro atoms. The average molecular weight is 284 g/mol. The Labute approximate surface area is 120 Å². The van der Waals surface area contributed by atoms with Crippen LogP contribution in [0.25, 0.3) is 0 Å². The first kappa shape index (κ1) is 16.3. The van der Waals surface area contributed by atoms with Gasteiger partial charge in [0.05, 0.1) is 0 Å². The minimum Gasteiger partial charge on any atom is -0.371 e. The number of halogens is 1. The fraction of sp³-hybridized carbons (Fsp3) is 0.600. The second-order valence-electron chi connectivity index (χ2n) is 4.84. The molecule has 19 heavy (non-hydrogen) atoms. The smallest absolute Gasteiger partial charge is 0.123 e. The van der Waals surface area contributed by atoms with Crippen molar-refractivity contribution in [2.24, 2.45) is 0 Å². The predicted octanol–water partition coefficient (Wildman–Crippen LogP) is 3.68. The number of nitrogens with one attached hydrogen (secondary N) is 1. The molecule has 0 aliphatic carbocycles. The monoisotopic (exact) mass is 284 g/mol. The van der Waals surface area contributed by atoms with Crippen molar-refractivity contribution in [3.05, 3.63) is 29.6 Å². The third-order valence-electron chi connectivity index (χ3n) is 3.65. The third kappa shape index (κ3) is 4.11. The van der Waals surface area contributed by atoms with Gasteiger partial charge in [-0.3, -0.25) is 0 Å². The van der Waals surface area contributed by atoms with Gasteiger partial charge in [0, 0.05) is 30.6 Å². The highest BCUT2D eigenvalue weighted by Gasteiger charge is 2.18. The van der Waals surface area contributed by atoms with Crippen LogP contribution < -0.4 is 10.2 Å². The molecule has 0 aliphatic rings. The van der Waals surface area contributed by atoms with Crippen LogP contribution in [0.1, 0.15) is 31.9 Å². The van der Waals surface area contributed by atoms with Crippen LogP contribution in [0.2, 0.25) is 0 Å². The number of thioether (sulfide) groups is 1. The van der Waals surface area contributed by atoms with Crippen LogP contribution in [0, 0.1) is 5.82 Å². The molecule has 2 nitrogen and oxygen atoms in total. The molecule has 0 radical (unpaired) electrons. The van der Waals surface area contributed by atoms with Crippen LogP contribution >= 0.6 is 11.8 Å². The van der Waals surface area contributed by atoms with E-state index in [0.29, 0.717) is 6.04 Å². The first-order valence-corrected chi connectivity index (χ1v) is 8.13. The Kier molecular flexibility index (Phi) is 6.66. The average Bonchev–Trinajstić information content (AvgIpc) is 2.43. The van der Waals surface area contributed by atoms with E-state index in [-0.39, 0.29) is 11.9 Å². The second kappa shape index (κ2) is 7.75. The standard InChI is InChI=1S/C15H25FN2S/c1-6-13(10-19-5)18(4)15-8-7-12(16)9-14(15)11(2)17-3/h7-9,11,13,17H,6,10H2,1-5H3. The highest BCUT2D eigenvalue weighted by Crippen LogP contribution is 2.29. The molecule has 1 N–H and O–H groups in total. The van der Waals surface area contributed by atoms with E-state index < -0.39 is 0 Å². The van der Waals surface area contributed by atoms with Crippen LogP contribution in [0.4, 0.5) is 10.1 Å². The summed E-state index contributed by atoms with van der Waals surface area (Å²) in [6, 6.07) is 5.69. The molecule has 0 aliphatic heterocycles. The van der Waals surface area contributed by atoms with Crippen LogP contribution in [-0.4, -0.2) is 32.1 Å². The van der Waals surface area contributed by atoms with Crippen LogP contribution in [0.5, 0.6) is 0 Å². The topological polar surface area (TPSA) is 15.3 Å². The molecule has 0 saturated heterocycles. The Balaban J connectivity index is 3.10. The lowest BCUT2D eigenvalue weighted by atomic mass is 10.0. The van der Waals surface area contributed by atoms with Crippen molar-refractivity contribution in [2.75, 3.05) is 31.0 Å². The number of rotatable bonds is 7.